The summed E-state index contributed by atoms with van der Waals surface area (Å²) in [6, 6.07) is 6.92. The summed E-state index contributed by atoms with van der Waals surface area (Å²) in [6.07, 6.45) is 2.45. The molecule has 0 radical (unpaired) electrons. The number of hydrogen-bond acceptors (Lipinski definition) is 0. The average Bonchev–Trinajstić information content (AvgIpc) is 2.51. The van der Waals surface area contributed by atoms with Crippen LogP contribution in [-0.4, -0.2) is 0 Å². The summed E-state index contributed by atoms with van der Waals surface area (Å²) in [5.74, 6) is 0. The van der Waals surface area contributed by atoms with E-state index in [1.54, 1.807) is 11.1 Å². The maximum absolute atomic E-state index is 2.52. The van der Waals surface area contributed by atoms with Gasteiger partial charge in [0.2, 0.25) is 0 Å². The van der Waals surface area contributed by atoms with E-state index in [0.717, 1.165) is 3.63 Å². The van der Waals surface area contributed by atoms with Gasteiger partial charge < -0.3 is 0 Å². The Morgan fingerprint density at radius 2 is 1.76 bits per heavy atom. The van der Waals surface area contributed by atoms with Crippen LogP contribution >= 0.6 is 0 Å². The molecule has 1 aliphatic carbocycles. The Kier molecular flexibility index (Phi) is 3.52. The molecule has 0 aliphatic heterocycles. The van der Waals surface area contributed by atoms with Gasteiger partial charge in [0.05, 0.1) is 0 Å². The number of benzene rings is 1. The third-order valence-corrected chi connectivity index (χ3v) is 8.39. The predicted octanol–water partition coefficient (Wildman–Crippen LogP) is 5.16. The van der Waals surface area contributed by atoms with Gasteiger partial charge in [0.15, 0.2) is 0 Å². The Hall–Kier alpha value is -0.157. The van der Waals surface area contributed by atoms with E-state index < -0.39 is 21.8 Å². The van der Waals surface area contributed by atoms with E-state index in [2.05, 4.69) is 61.2 Å². The van der Waals surface area contributed by atoms with Gasteiger partial charge in [-0.3, -0.25) is 0 Å². The normalized spacial score (nSPS) is 18.9. The summed E-state index contributed by atoms with van der Waals surface area (Å²) < 4.78 is 5.85. The van der Waals surface area contributed by atoms with Crippen LogP contribution in [0.4, 0.5) is 0 Å². The van der Waals surface area contributed by atoms with Crippen LogP contribution < -0.4 is 0 Å². The topological polar surface area (TPSA) is 0 Å². The second-order valence-corrected chi connectivity index (χ2v) is 13.2. The summed E-state index contributed by atoms with van der Waals surface area (Å²) in [5.41, 5.74) is 6.53. The Balaban J connectivity index is 2.60. The molecule has 1 heteroatoms. The van der Waals surface area contributed by atoms with Crippen LogP contribution in [0.2, 0.25) is 9.26 Å². The number of rotatable bonds is 1. The first kappa shape index (κ1) is 13.3. The van der Waals surface area contributed by atoms with Crippen LogP contribution in [-0.2, 0) is 27.2 Å². The Morgan fingerprint density at radius 1 is 1.12 bits per heavy atom. The van der Waals surface area contributed by atoms with E-state index >= 15 is 0 Å². The second kappa shape index (κ2) is 4.50. The molecular formula is C16H23Zr. The van der Waals surface area contributed by atoms with Gasteiger partial charge in [-0.2, -0.15) is 0 Å². The van der Waals surface area contributed by atoms with Crippen molar-refractivity contribution in [2.75, 3.05) is 0 Å². The summed E-state index contributed by atoms with van der Waals surface area (Å²) in [6.45, 7) is 9.27. The van der Waals surface area contributed by atoms with E-state index in [1.807, 2.05) is 0 Å². The fourth-order valence-electron chi connectivity index (χ4n) is 2.97. The van der Waals surface area contributed by atoms with Crippen LogP contribution in [0.1, 0.15) is 48.0 Å². The van der Waals surface area contributed by atoms with Gasteiger partial charge >= 0.3 is 114 Å². The Morgan fingerprint density at radius 3 is 2.29 bits per heavy atom. The van der Waals surface area contributed by atoms with Crippen molar-refractivity contribution >= 4 is 6.08 Å². The van der Waals surface area contributed by atoms with Crippen molar-refractivity contribution in [3.05, 3.63) is 40.5 Å². The van der Waals surface area contributed by atoms with Gasteiger partial charge in [-0.15, -0.1) is 0 Å². The summed E-state index contributed by atoms with van der Waals surface area (Å²) in [4.78, 5) is 0. The van der Waals surface area contributed by atoms with Crippen molar-refractivity contribution in [1.29, 1.82) is 0 Å². The summed E-state index contributed by atoms with van der Waals surface area (Å²) >= 11 is -1.22. The molecule has 1 unspecified atom stereocenters. The molecule has 1 atom stereocenters. The molecule has 1 aromatic rings. The van der Waals surface area contributed by atoms with Crippen LogP contribution in [0.25, 0.3) is 6.08 Å². The molecular weight excluding hydrogens is 283 g/mol. The van der Waals surface area contributed by atoms with Gasteiger partial charge in [0.1, 0.15) is 0 Å². The molecule has 0 saturated carbocycles. The molecule has 91 valence electrons. The standard InChI is InChI=1S/C14H17.2CH3.Zr/c1-10-8-11-6-5-7-13(12(11)9-10)14(2,3)4;;;/h5-9H,1-4H3;2*1H3;. The van der Waals surface area contributed by atoms with Crippen LogP contribution in [0.5, 0.6) is 0 Å². The van der Waals surface area contributed by atoms with Gasteiger partial charge in [-0.1, -0.05) is 0 Å². The molecule has 0 heterocycles. The molecule has 0 fully saturated rings. The molecule has 0 aromatic heterocycles. The van der Waals surface area contributed by atoms with Crippen LogP contribution in [0.15, 0.2) is 23.8 Å². The number of hydrogen-bond donors (Lipinski definition) is 0. The van der Waals surface area contributed by atoms with Crippen LogP contribution in [0.3, 0.4) is 0 Å². The molecule has 0 N–H and O–H groups in total. The summed E-state index contributed by atoms with van der Waals surface area (Å²) in [5, 5.41) is 0. The van der Waals surface area contributed by atoms with E-state index in [-0.39, 0.29) is 5.41 Å². The molecule has 0 saturated heterocycles. The van der Waals surface area contributed by atoms with Crippen molar-refractivity contribution in [3.63, 3.8) is 0 Å². The first-order chi connectivity index (χ1) is 7.82. The average molecular weight is 307 g/mol. The zero-order chi connectivity index (χ0) is 12.8. The van der Waals surface area contributed by atoms with Crippen molar-refractivity contribution in [2.24, 2.45) is 0 Å². The second-order valence-electron chi connectivity index (χ2n) is 6.46. The van der Waals surface area contributed by atoms with E-state index in [9.17, 15) is 0 Å². The first-order valence-corrected chi connectivity index (χ1v) is 12.8. The van der Waals surface area contributed by atoms with E-state index in [1.165, 1.54) is 11.1 Å². The zero-order valence-corrected chi connectivity index (χ0v) is 14.3. The van der Waals surface area contributed by atoms with Crippen molar-refractivity contribution < 1.29 is 21.8 Å². The molecule has 0 spiro atoms. The molecule has 1 aliphatic rings. The van der Waals surface area contributed by atoms with Gasteiger partial charge in [-0.25, -0.2) is 0 Å². The maximum atomic E-state index is 2.52. The number of fused-ring (bicyclic) bond motifs is 1. The molecule has 0 amide bonds. The Labute approximate surface area is 114 Å². The van der Waals surface area contributed by atoms with Crippen molar-refractivity contribution in [3.8, 4) is 0 Å². The molecule has 1 aromatic carbocycles. The minimum atomic E-state index is -1.22. The molecule has 2 rings (SSSR count). The quantitative estimate of drug-likeness (QED) is 0.672. The minimum absolute atomic E-state index is 0.252. The first-order valence-electron chi connectivity index (χ1n) is 6.44. The van der Waals surface area contributed by atoms with E-state index in [0.29, 0.717) is 0 Å². The Bertz CT molecular complexity index is 461. The van der Waals surface area contributed by atoms with Crippen molar-refractivity contribution in [2.45, 2.75) is 46.0 Å². The summed E-state index contributed by atoms with van der Waals surface area (Å²) in [7, 11) is 0. The number of allylic oxidation sites excluding steroid dienone is 1. The molecule has 0 bridgehead atoms. The zero-order valence-electron chi connectivity index (χ0n) is 11.9. The van der Waals surface area contributed by atoms with Gasteiger partial charge in [0, 0.05) is 0 Å². The molecule has 17 heavy (non-hydrogen) atoms. The van der Waals surface area contributed by atoms with Gasteiger partial charge in [0.25, 0.3) is 0 Å². The SMILES string of the molecule is CC1=Cc2c(cccc2C(C)(C)C)[CH]1[Zr]([CH3])[CH3]. The monoisotopic (exact) mass is 305 g/mol. The molecule has 0 nitrogen and oxygen atoms in total. The third kappa shape index (κ3) is 2.36. The van der Waals surface area contributed by atoms with Crippen molar-refractivity contribution in [1.82, 2.24) is 0 Å². The third-order valence-electron chi connectivity index (χ3n) is 3.66. The van der Waals surface area contributed by atoms with Gasteiger partial charge in [-0.05, 0) is 0 Å². The fourth-order valence-corrected chi connectivity index (χ4v) is 7.56. The van der Waals surface area contributed by atoms with Crippen LogP contribution in [0, 0.1) is 0 Å². The fraction of sp³-hybridized carbons (Fsp3) is 0.500. The van der Waals surface area contributed by atoms with E-state index in [4.69, 9.17) is 0 Å². The predicted molar refractivity (Wildman–Crippen MR) is 73.3 cm³/mol.